The first-order valence-corrected chi connectivity index (χ1v) is 8.01. The second-order valence-electron chi connectivity index (χ2n) is 6.11. The summed E-state index contributed by atoms with van der Waals surface area (Å²) in [5.74, 6) is 0.606. The third kappa shape index (κ3) is 4.20. The van der Waals surface area contributed by atoms with Crippen molar-refractivity contribution >= 4 is 11.6 Å². The Morgan fingerprint density at radius 3 is 2.85 bits per heavy atom. The summed E-state index contributed by atoms with van der Waals surface area (Å²) in [7, 11) is 0. The summed E-state index contributed by atoms with van der Waals surface area (Å²) in [6.45, 7) is 5.82. The van der Waals surface area contributed by atoms with Gasteiger partial charge in [-0.25, -0.2) is 4.39 Å². The molecule has 0 radical (unpaired) electrons. The summed E-state index contributed by atoms with van der Waals surface area (Å²) in [4.78, 5) is 0. The van der Waals surface area contributed by atoms with Gasteiger partial charge in [-0.3, -0.25) is 0 Å². The summed E-state index contributed by atoms with van der Waals surface area (Å²) in [5, 5.41) is 0.257. The van der Waals surface area contributed by atoms with Gasteiger partial charge in [-0.2, -0.15) is 0 Å². The van der Waals surface area contributed by atoms with Crippen LogP contribution in [0.15, 0.2) is 12.1 Å². The molecule has 0 N–H and O–H groups in total. The Hall–Kier alpha value is -0.600. The molecule has 1 heterocycles. The van der Waals surface area contributed by atoms with E-state index >= 15 is 0 Å². The van der Waals surface area contributed by atoms with Crippen molar-refractivity contribution in [2.75, 3.05) is 13.2 Å². The third-order valence-corrected chi connectivity index (χ3v) is 4.35. The predicted octanol–water partition coefficient (Wildman–Crippen LogP) is 5.35. The van der Waals surface area contributed by atoms with Gasteiger partial charge in [0.05, 0.1) is 5.02 Å². The number of hydrogen-bond donors (Lipinski definition) is 0. The molecule has 1 fully saturated rings. The molecule has 0 unspecified atom stereocenters. The van der Waals surface area contributed by atoms with Crippen molar-refractivity contribution in [3.05, 3.63) is 34.1 Å². The van der Waals surface area contributed by atoms with Crippen LogP contribution in [0.25, 0.3) is 0 Å². The highest BCUT2D eigenvalue weighted by Gasteiger charge is 2.15. The van der Waals surface area contributed by atoms with Crippen LogP contribution in [0.1, 0.15) is 56.6 Å². The molecule has 0 spiro atoms. The number of halogens is 2. The van der Waals surface area contributed by atoms with E-state index in [4.69, 9.17) is 16.3 Å². The molecule has 112 valence electrons. The minimum Gasteiger partial charge on any atom is -0.381 e. The first-order chi connectivity index (χ1) is 9.58. The minimum atomic E-state index is -0.258. The summed E-state index contributed by atoms with van der Waals surface area (Å²) in [6.07, 6.45) is 5.74. The monoisotopic (exact) mass is 298 g/mol. The lowest BCUT2D eigenvalue weighted by Crippen LogP contribution is -2.17. The second-order valence-corrected chi connectivity index (χ2v) is 6.52. The van der Waals surface area contributed by atoms with Gasteiger partial charge in [0.25, 0.3) is 0 Å². The van der Waals surface area contributed by atoms with Crippen LogP contribution in [0.2, 0.25) is 5.02 Å². The fourth-order valence-corrected chi connectivity index (χ4v) is 3.11. The van der Waals surface area contributed by atoms with Gasteiger partial charge in [0, 0.05) is 13.2 Å². The lowest BCUT2D eigenvalue weighted by Gasteiger charge is -2.21. The standard InChI is InChI=1S/C17H24ClFO/c1-12(2)15-9-14(10-16(18)17(15)19)6-3-5-13-7-4-8-20-11-13/h9-10,12-13H,3-8,11H2,1-2H3/t13-/m0/s1. The van der Waals surface area contributed by atoms with Crippen molar-refractivity contribution in [1.82, 2.24) is 0 Å². The van der Waals surface area contributed by atoms with E-state index in [1.165, 1.54) is 19.3 Å². The highest BCUT2D eigenvalue weighted by atomic mass is 35.5. The fraction of sp³-hybridized carbons (Fsp3) is 0.647. The Bertz CT molecular complexity index is 439. The van der Waals surface area contributed by atoms with Crippen molar-refractivity contribution in [1.29, 1.82) is 0 Å². The number of ether oxygens (including phenoxy) is 1. The van der Waals surface area contributed by atoms with Crippen molar-refractivity contribution in [3.63, 3.8) is 0 Å². The molecule has 1 saturated heterocycles. The SMILES string of the molecule is CC(C)c1cc(CCC[C@H]2CCCOC2)cc(Cl)c1F. The maximum absolute atomic E-state index is 13.9. The van der Waals surface area contributed by atoms with Crippen LogP contribution in [-0.2, 0) is 11.2 Å². The van der Waals surface area contributed by atoms with Crippen molar-refractivity contribution in [2.24, 2.45) is 5.92 Å². The molecule has 1 atom stereocenters. The van der Waals surface area contributed by atoms with Crippen molar-refractivity contribution < 1.29 is 9.13 Å². The van der Waals surface area contributed by atoms with Crippen LogP contribution in [0.4, 0.5) is 4.39 Å². The highest BCUT2D eigenvalue weighted by molar-refractivity contribution is 6.30. The van der Waals surface area contributed by atoms with Gasteiger partial charge in [-0.15, -0.1) is 0 Å². The van der Waals surface area contributed by atoms with Crippen LogP contribution < -0.4 is 0 Å². The number of rotatable bonds is 5. The molecule has 0 saturated carbocycles. The lowest BCUT2D eigenvalue weighted by atomic mass is 9.93. The van der Waals surface area contributed by atoms with Crippen molar-refractivity contribution in [2.45, 2.75) is 51.9 Å². The Balaban J connectivity index is 1.92. The van der Waals surface area contributed by atoms with Gasteiger partial charge in [0.2, 0.25) is 0 Å². The second kappa shape index (κ2) is 7.42. The normalized spacial score (nSPS) is 19.6. The van der Waals surface area contributed by atoms with Crippen LogP contribution in [0.3, 0.4) is 0 Å². The third-order valence-electron chi connectivity index (χ3n) is 4.07. The zero-order chi connectivity index (χ0) is 14.5. The smallest absolute Gasteiger partial charge is 0.145 e. The number of aryl methyl sites for hydroxylation is 1. The zero-order valence-corrected chi connectivity index (χ0v) is 13.2. The fourth-order valence-electron chi connectivity index (χ4n) is 2.86. The number of benzene rings is 1. The quantitative estimate of drug-likeness (QED) is 0.712. The molecule has 3 heteroatoms. The Morgan fingerprint density at radius 1 is 1.40 bits per heavy atom. The summed E-state index contributed by atoms with van der Waals surface area (Å²) in [5.41, 5.74) is 1.88. The van der Waals surface area contributed by atoms with Gasteiger partial charge in [-0.05, 0) is 61.1 Å². The van der Waals surface area contributed by atoms with Gasteiger partial charge in [0.15, 0.2) is 0 Å². The molecule has 1 aliphatic heterocycles. The minimum absolute atomic E-state index is 0.166. The molecule has 2 rings (SSSR count). The first-order valence-electron chi connectivity index (χ1n) is 7.63. The predicted molar refractivity (Wildman–Crippen MR) is 82.0 cm³/mol. The van der Waals surface area contributed by atoms with E-state index in [2.05, 4.69) is 0 Å². The van der Waals surface area contributed by atoms with E-state index in [1.54, 1.807) is 6.07 Å². The van der Waals surface area contributed by atoms with Crippen LogP contribution in [0.5, 0.6) is 0 Å². The van der Waals surface area contributed by atoms with E-state index < -0.39 is 0 Å². The molecule has 0 aliphatic carbocycles. The van der Waals surface area contributed by atoms with Gasteiger partial charge < -0.3 is 4.74 Å². The summed E-state index contributed by atoms with van der Waals surface area (Å²) in [6, 6.07) is 3.75. The summed E-state index contributed by atoms with van der Waals surface area (Å²) >= 11 is 6.00. The molecule has 0 aromatic heterocycles. The average Bonchev–Trinajstić information content (AvgIpc) is 2.43. The molecule has 0 bridgehead atoms. The van der Waals surface area contributed by atoms with Crippen LogP contribution in [-0.4, -0.2) is 13.2 Å². The Morgan fingerprint density at radius 2 is 2.20 bits per heavy atom. The maximum atomic E-state index is 13.9. The van der Waals surface area contributed by atoms with Crippen LogP contribution in [0, 0.1) is 11.7 Å². The lowest BCUT2D eigenvalue weighted by molar-refractivity contribution is 0.0510. The largest absolute Gasteiger partial charge is 0.381 e. The van der Waals surface area contributed by atoms with E-state index in [9.17, 15) is 4.39 Å². The molecule has 1 aromatic carbocycles. The van der Waals surface area contributed by atoms with Crippen molar-refractivity contribution in [3.8, 4) is 0 Å². The molecule has 0 amide bonds. The van der Waals surface area contributed by atoms with E-state index in [0.717, 1.165) is 37.2 Å². The average molecular weight is 299 g/mol. The van der Waals surface area contributed by atoms with Gasteiger partial charge >= 0.3 is 0 Å². The number of hydrogen-bond acceptors (Lipinski definition) is 1. The van der Waals surface area contributed by atoms with E-state index in [0.29, 0.717) is 5.92 Å². The van der Waals surface area contributed by atoms with E-state index in [-0.39, 0.29) is 16.8 Å². The zero-order valence-electron chi connectivity index (χ0n) is 12.4. The first kappa shape index (κ1) is 15.8. The molecular weight excluding hydrogens is 275 g/mol. The Labute approximate surface area is 126 Å². The van der Waals surface area contributed by atoms with Crippen LogP contribution >= 0.6 is 11.6 Å². The maximum Gasteiger partial charge on any atom is 0.145 e. The molecule has 1 aromatic rings. The molecule has 20 heavy (non-hydrogen) atoms. The Kier molecular flexibility index (Phi) is 5.86. The van der Waals surface area contributed by atoms with Gasteiger partial charge in [-0.1, -0.05) is 31.5 Å². The highest BCUT2D eigenvalue weighted by Crippen LogP contribution is 2.28. The summed E-state index contributed by atoms with van der Waals surface area (Å²) < 4.78 is 19.4. The molecule has 1 nitrogen and oxygen atoms in total. The van der Waals surface area contributed by atoms with E-state index in [1.807, 2.05) is 19.9 Å². The molecule has 1 aliphatic rings. The van der Waals surface area contributed by atoms with Gasteiger partial charge in [0.1, 0.15) is 5.82 Å². The molecular formula is C17H24ClFO. The topological polar surface area (TPSA) is 9.23 Å².